The van der Waals surface area contributed by atoms with Crippen molar-refractivity contribution in [2.45, 2.75) is 19.3 Å². The number of likely N-dealkylation sites (tertiary alicyclic amines) is 1. The van der Waals surface area contributed by atoms with Crippen molar-refractivity contribution in [3.8, 4) is 17.3 Å². The van der Waals surface area contributed by atoms with Gasteiger partial charge in [0.1, 0.15) is 5.02 Å². The molecule has 1 atom stereocenters. The van der Waals surface area contributed by atoms with Crippen LogP contribution in [0.15, 0.2) is 53.1 Å². The zero-order valence-electron chi connectivity index (χ0n) is 21.4. The Hall–Kier alpha value is -3.87. The van der Waals surface area contributed by atoms with E-state index >= 15 is 0 Å². The number of para-hydroxylation sites is 1. The highest BCUT2D eigenvalue weighted by atomic mass is 35.5. The predicted octanol–water partition coefficient (Wildman–Crippen LogP) is 4.78. The highest BCUT2D eigenvalue weighted by Gasteiger charge is 2.25. The topological polar surface area (TPSA) is 124 Å². The Bertz CT molecular complexity index is 1410. The number of nitrogens with two attached hydrogens (primary N) is 1. The summed E-state index contributed by atoms with van der Waals surface area (Å²) in [5.41, 5.74) is 7.03. The monoisotopic (exact) mass is 559 g/mol. The van der Waals surface area contributed by atoms with Crippen LogP contribution in [0, 0.1) is 18.6 Å². The second kappa shape index (κ2) is 12.8. The molecule has 13 heteroatoms. The summed E-state index contributed by atoms with van der Waals surface area (Å²) in [6.07, 6.45) is 0.995. The highest BCUT2D eigenvalue weighted by Crippen LogP contribution is 2.34. The largest absolute Gasteiger partial charge is 0.383 e. The Balaban J connectivity index is 0.000000187. The van der Waals surface area contributed by atoms with Crippen LogP contribution in [-0.2, 0) is 4.74 Å². The molecule has 39 heavy (non-hydrogen) atoms. The lowest BCUT2D eigenvalue weighted by molar-refractivity contribution is 0.160. The first-order valence-corrected chi connectivity index (χ1v) is 12.5. The van der Waals surface area contributed by atoms with Crippen LogP contribution in [0.4, 0.5) is 19.4 Å². The number of nitrogens with zero attached hydrogens (tertiary/aromatic N) is 5. The second-order valence-corrected chi connectivity index (χ2v) is 9.23. The average molecular weight is 560 g/mol. The number of aryl methyl sites for hydroxylation is 1. The van der Waals surface area contributed by atoms with Gasteiger partial charge in [-0.15, -0.1) is 0 Å². The molecular weight excluding hydrogens is 532 g/mol. The molecule has 0 saturated carbocycles. The number of carbonyl (C=O) groups excluding carboxylic acids is 1. The van der Waals surface area contributed by atoms with Crippen LogP contribution in [0.5, 0.6) is 0 Å². The summed E-state index contributed by atoms with van der Waals surface area (Å²) in [4.78, 5) is 17.6. The van der Waals surface area contributed by atoms with Gasteiger partial charge in [-0.2, -0.15) is 10.1 Å². The summed E-state index contributed by atoms with van der Waals surface area (Å²) in [6, 6.07) is 12.6. The molecule has 1 unspecified atom stereocenters. The predicted molar refractivity (Wildman–Crippen MR) is 142 cm³/mol. The van der Waals surface area contributed by atoms with E-state index in [1.54, 1.807) is 32.2 Å². The van der Waals surface area contributed by atoms with Crippen molar-refractivity contribution in [3.05, 3.63) is 76.6 Å². The minimum Gasteiger partial charge on any atom is -0.383 e. The Labute approximate surface area is 228 Å². The molecule has 1 aliphatic heterocycles. The Morgan fingerprint density at radius 1 is 1.23 bits per heavy atom. The summed E-state index contributed by atoms with van der Waals surface area (Å²) < 4.78 is 37.5. The van der Waals surface area contributed by atoms with Gasteiger partial charge in [-0.3, -0.25) is 5.32 Å². The Morgan fingerprint density at radius 2 is 2.00 bits per heavy atom. The minimum absolute atomic E-state index is 0.157. The van der Waals surface area contributed by atoms with Crippen molar-refractivity contribution in [1.29, 1.82) is 0 Å². The van der Waals surface area contributed by atoms with E-state index in [9.17, 15) is 13.6 Å². The van der Waals surface area contributed by atoms with E-state index in [-0.39, 0.29) is 22.4 Å². The lowest BCUT2D eigenvalue weighted by atomic mass is 9.98. The van der Waals surface area contributed by atoms with Crippen LogP contribution in [-0.4, -0.2) is 64.2 Å². The molecule has 5 rings (SSSR count). The van der Waals surface area contributed by atoms with E-state index in [0.717, 1.165) is 31.6 Å². The van der Waals surface area contributed by atoms with Gasteiger partial charge >= 0.3 is 6.03 Å². The summed E-state index contributed by atoms with van der Waals surface area (Å²) in [5.74, 6) is -0.386. The molecule has 1 saturated heterocycles. The number of carbonyl (C=O) groups is 1. The molecule has 1 fully saturated rings. The van der Waals surface area contributed by atoms with Crippen LogP contribution in [0.3, 0.4) is 0 Å². The fourth-order valence-electron chi connectivity index (χ4n) is 4.20. The van der Waals surface area contributed by atoms with Gasteiger partial charge < -0.3 is 19.9 Å². The second-order valence-electron chi connectivity index (χ2n) is 8.85. The minimum atomic E-state index is -0.775. The Kier molecular flexibility index (Phi) is 9.23. The fourth-order valence-corrected chi connectivity index (χ4v) is 4.45. The maximum atomic E-state index is 13.1. The van der Waals surface area contributed by atoms with Crippen LogP contribution >= 0.6 is 11.6 Å². The van der Waals surface area contributed by atoms with E-state index < -0.39 is 17.7 Å². The molecule has 3 N–H and O–H groups in total. The zero-order chi connectivity index (χ0) is 27.9. The number of anilines is 1. The molecule has 1 aliphatic rings. The van der Waals surface area contributed by atoms with Crippen LogP contribution < -0.4 is 11.1 Å². The molecule has 0 aliphatic carbocycles. The van der Waals surface area contributed by atoms with Gasteiger partial charge in [-0.05, 0) is 55.6 Å². The number of urea groups is 1. The van der Waals surface area contributed by atoms with E-state index in [1.807, 2.05) is 18.2 Å². The maximum Gasteiger partial charge on any atom is 0.317 e. The maximum absolute atomic E-state index is 13.1. The first-order chi connectivity index (χ1) is 18.8. The third kappa shape index (κ3) is 6.96. The number of amides is 2. The molecule has 3 heterocycles. The van der Waals surface area contributed by atoms with Gasteiger partial charge in [0, 0.05) is 20.2 Å². The van der Waals surface area contributed by atoms with Crippen LogP contribution in [0.25, 0.3) is 17.3 Å². The molecular formula is C26H28ClF2N7O3. The third-order valence-corrected chi connectivity index (χ3v) is 6.46. The third-order valence-electron chi connectivity index (χ3n) is 6.10. The quantitative estimate of drug-likeness (QED) is 0.334. The van der Waals surface area contributed by atoms with Crippen molar-refractivity contribution in [2.75, 3.05) is 38.7 Å². The standard InChI is InChI=1S/C13H11ClN6O2.C13H17F2NO/c1-7-16-12(22-19-7)10-9(14)11(17-13(15)21)20(18-10)8-5-3-2-4-6-8;1-17-7-6-16-5-4-11(9-16)10-2-3-12(14)13(15)8-10/h2-6H,1H3,(H3,15,17,21);2-3,8,11H,4-7,9H2,1H3. The van der Waals surface area contributed by atoms with Crippen LogP contribution in [0.1, 0.15) is 23.7 Å². The lowest BCUT2D eigenvalue weighted by Crippen LogP contribution is -2.24. The van der Waals surface area contributed by atoms with Gasteiger partial charge in [0.25, 0.3) is 5.89 Å². The van der Waals surface area contributed by atoms with E-state index in [4.69, 9.17) is 26.6 Å². The summed E-state index contributed by atoms with van der Waals surface area (Å²) >= 11 is 6.29. The van der Waals surface area contributed by atoms with Gasteiger partial charge in [0.15, 0.2) is 29.0 Å². The molecule has 4 aromatic rings. The van der Waals surface area contributed by atoms with Gasteiger partial charge in [-0.1, -0.05) is 41.0 Å². The molecule has 206 valence electrons. The van der Waals surface area contributed by atoms with Gasteiger partial charge in [-0.25, -0.2) is 18.3 Å². The number of hydrogen-bond acceptors (Lipinski definition) is 7. The number of ether oxygens (including phenoxy) is 1. The number of methoxy groups -OCH3 is 1. The number of nitrogens with one attached hydrogen (secondary N) is 1. The summed E-state index contributed by atoms with van der Waals surface area (Å²) in [6.45, 7) is 5.18. The van der Waals surface area contributed by atoms with Gasteiger partial charge in [0.05, 0.1) is 12.3 Å². The number of halogens is 3. The molecule has 0 bridgehead atoms. The summed E-state index contributed by atoms with van der Waals surface area (Å²) in [5, 5.41) is 10.6. The van der Waals surface area contributed by atoms with Crippen molar-refractivity contribution < 1.29 is 22.8 Å². The lowest BCUT2D eigenvalue weighted by Gasteiger charge is -2.15. The fraction of sp³-hybridized carbons (Fsp3) is 0.308. The summed E-state index contributed by atoms with van der Waals surface area (Å²) in [7, 11) is 1.68. The van der Waals surface area contributed by atoms with Crippen LogP contribution in [0.2, 0.25) is 5.02 Å². The normalized spacial score (nSPS) is 15.2. The molecule has 2 amide bonds. The molecule has 0 radical (unpaired) electrons. The number of benzene rings is 2. The highest BCUT2D eigenvalue weighted by molar-refractivity contribution is 6.35. The van der Waals surface area contributed by atoms with E-state index in [0.29, 0.717) is 24.0 Å². The van der Waals surface area contributed by atoms with Crippen molar-refractivity contribution in [2.24, 2.45) is 5.73 Å². The Morgan fingerprint density at radius 3 is 2.64 bits per heavy atom. The van der Waals surface area contributed by atoms with Crippen molar-refractivity contribution in [1.82, 2.24) is 24.8 Å². The van der Waals surface area contributed by atoms with Gasteiger partial charge in [0.2, 0.25) is 0 Å². The number of hydrogen-bond donors (Lipinski definition) is 2. The first-order valence-electron chi connectivity index (χ1n) is 12.1. The van der Waals surface area contributed by atoms with E-state index in [1.165, 1.54) is 16.8 Å². The molecule has 2 aromatic carbocycles. The van der Waals surface area contributed by atoms with Crippen molar-refractivity contribution >= 4 is 23.4 Å². The number of rotatable bonds is 7. The zero-order valence-corrected chi connectivity index (χ0v) is 22.2. The smallest absolute Gasteiger partial charge is 0.317 e. The molecule has 2 aromatic heterocycles. The molecule has 0 spiro atoms. The molecule has 10 nitrogen and oxygen atoms in total. The first kappa shape index (κ1) is 28.1. The number of aromatic nitrogens is 4. The number of primary amides is 1. The SMILES string of the molecule is COCCN1CCC(c2ccc(F)c(F)c2)C1.Cc1noc(-c2nn(-c3ccccc3)c(NC(N)=O)c2Cl)n1. The van der Waals surface area contributed by atoms with Crippen molar-refractivity contribution in [3.63, 3.8) is 0 Å². The average Bonchev–Trinajstić information content (AvgIpc) is 3.65. The van der Waals surface area contributed by atoms with E-state index in [2.05, 4.69) is 25.5 Å².